The van der Waals surface area contributed by atoms with Crippen LogP contribution in [-0.2, 0) is 9.53 Å². The molecule has 0 amide bonds. The van der Waals surface area contributed by atoms with Crippen molar-refractivity contribution in [3.63, 3.8) is 0 Å². The van der Waals surface area contributed by atoms with Gasteiger partial charge >= 0.3 is 5.97 Å². The molecule has 4 rings (SSSR count). The van der Waals surface area contributed by atoms with Gasteiger partial charge in [-0.1, -0.05) is 53.9 Å². The number of halogens is 2. The van der Waals surface area contributed by atoms with Gasteiger partial charge in [-0.2, -0.15) is 0 Å². The summed E-state index contributed by atoms with van der Waals surface area (Å²) < 4.78 is 5.63. The first kappa shape index (κ1) is 26.1. The van der Waals surface area contributed by atoms with Crippen molar-refractivity contribution in [3.8, 4) is 0 Å². The molecule has 0 heterocycles. The molecule has 190 valence electrons. The van der Waals surface area contributed by atoms with Gasteiger partial charge < -0.3 is 4.74 Å². The van der Waals surface area contributed by atoms with Crippen molar-refractivity contribution >= 4 is 29.2 Å². The van der Waals surface area contributed by atoms with E-state index in [-0.39, 0.29) is 22.9 Å². The Hall–Kier alpha value is 0.0500. The van der Waals surface area contributed by atoms with Crippen molar-refractivity contribution in [1.82, 2.24) is 0 Å². The summed E-state index contributed by atoms with van der Waals surface area (Å²) in [5, 5.41) is -0.0476. The monoisotopic (exact) mass is 498 g/mol. The van der Waals surface area contributed by atoms with Gasteiger partial charge in [0, 0.05) is 13.3 Å². The lowest BCUT2D eigenvalue weighted by molar-refractivity contribution is -0.156. The Morgan fingerprint density at radius 1 is 1.03 bits per heavy atom. The third kappa shape index (κ3) is 4.41. The Balaban J connectivity index is 1.51. The van der Waals surface area contributed by atoms with Gasteiger partial charge in [0.15, 0.2) is 0 Å². The van der Waals surface area contributed by atoms with Crippen molar-refractivity contribution in [2.75, 3.05) is 0 Å². The lowest BCUT2D eigenvalue weighted by Gasteiger charge is -2.65. The summed E-state index contributed by atoms with van der Waals surface area (Å²) in [7, 11) is 0. The molecule has 0 aliphatic heterocycles. The average molecular weight is 500 g/mol. The largest absolute Gasteiger partial charge is 0.462 e. The molecule has 2 nitrogen and oxygen atoms in total. The molecule has 33 heavy (non-hydrogen) atoms. The van der Waals surface area contributed by atoms with E-state index in [9.17, 15) is 4.79 Å². The second-order valence-electron chi connectivity index (χ2n) is 13.4. The number of esters is 1. The number of ether oxygens (including phenoxy) is 1. The van der Waals surface area contributed by atoms with Crippen LogP contribution < -0.4 is 0 Å². The van der Waals surface area contributed by atoms with Gasteiger partial charge in [0.2, 0.25) is 0 Å². The molecule has 4 saturated carbocycles. The highest BCUT2D eigenvalue weighted by Crippen LogP contribution is 2.71. The number of fused-ring (bicyclic) bond motifs is 5. The topological polar surface area (TPSA) is 26.3 Å². The Kier molecular flexibility index (Phi) is 7.52. The van der Waals surface area contributed by atoms with E-state index in [0.717, 1.165) is 42.9 Å². The molecule has 4 heteroatoms. The fourth-order valence-electron chi connectivity index (χ4n) is 9.51. The first-order valence-electron chi connectivity index (χ1n) is 13.9. The summed E-state index contributed by atoms with van der Waals surface area (Å²) in [5.41, 5.74) is 0.496. The summed E-state index contributed by atoms with van der Waals surface area (Å²) in [6, 6.07) is 0. The number of rotatable bonds is 6. The SMILES string of the molecule is CC(=O)O[C@H]1CC[C@]2(C)[C@@H]3CC[C@]4(C)[C@@H]([C@H](C)CCCC(C)C)CC[C@H]4[C@H]3C[C@H](Cl)[C@@]2(Cl)C1. The van der Waals surface area contributed by atoms with E-state index in [1.165, 1.54) is 51.9 Å². The quantitative estimate of drug-likeness (QED) is 0.270. The van der Waals surface area contributed by atoms with Crippen LogP contribution in [0.15, 0.2) is 0 Å². The number of hydrogen-bond donors (Lipinski definition) is 0. The van der Waals surface area contributed by atoms with E-state index in [2.05, 4.69) is 34.6 Å². The van der Waals surface area contributed by atoms with Crippen molar-refractivity contribution < 1.29 is 9.53 Å². The minimum absolute atomic E-state index is 0.0306. The molecule has 0 spiro atoms. The van der Waals surface area contributed by atoms with Gasteiger partial charge in [0.05, 0.1) is 10.3 Å². The van der Waals surface area contributed by atoms with E-state index in [4.69, 9.17) is 27.9 Å². The van der Waals surface area contributed by atoms with E-state index in [0.29, 0.717) is 23.7 Å². The molecule has 4 aliphatic carbocycles. The van der Waals surface area contributed by atoms with E-state index in [1.807, 2.05) is 0 Å². The maximum Gasteiger partial charge on any atom is 0.302 e. The first-order valence-corrected chi connectivity index (χ1v) is 14.7. The summed E-state index contributed by atoms with van der Waals surface area (Å²) in [4.78, 5) is 11.1. The molecule has 0 unspecified atom stereocenters. The van der Waals surface area contributed by atoms with Crippen LogP contribution in [0.2, 0.25) is 0 Å². The molecule has 0 N–H and O–H groups in total. The summed E-state index contributed by atoms with van der Waals surface area (Å²) in [6.45, 7) is 13.8. The number of carbonyl (C=O) groups is 1. The highest BCUT2D eigenvalue weighted by Gasteiger charge is 2.67. The molecule has 0 aromatic carbocycles. The lowest BCUT2D eigenvalue weighted by atomic mass is 9.44. The Morgan fingerprint density at radius 3 is 2.42 bits per heavy atom. The van der Waals surface area contributed by atoms with Crippen LogP contribution in [0.1, 0.15) is 112 Å². The molecule has 0 aromatic rings. The molecule has 10 atom stereocenters. The lowest BCUT2D eigenvalue weighted by Crippen LogP contribution is -2.65. The molecule has 4 aliphatic rings. The van der Waals surface area contributed by atoms with Gasteiger partial charge in [0.1, 0.15) is 6.10 Å². The average Bonchev–Trinajstić information content (AvgIpc) is 3.07. The highest BCUT2D eigenvalue weighted by molar-refractivity contribution is 6.33. The van der Waals surface area contributed by atoms with Crippen LogP contribution in [0.3, 0.4) is 0 Å². The molecule has 0 aromatic heterocycles. The van der Waals surface area contributed by atoms with Crippen molar-refractivity contribution in [2.24, 2.45) is 46.3 Å². The van der Waals surface area contributed by atoms with E-state index < -0.39 is 4.87 Å². The zero-order valence-corrected chi connectivity index (χ0v) is 23.5. The third-order valence-electron chi connectivity index (χ3n) is 11.2. The standard InChI is InChI=1S/C29H48Cl2O2/c1-18(2)8-7-9-19(3)23-10-11-24-22-16-26(30)29(31)17-21(33-20(4)32)12-15-28(29,6)25(22)13-14-27(23,24)5/h18-19,21-26H,7-17H2,1-6H3/t19-,21+,22-,23-,24+,25-,26+,27-,28-,29+/m1/s1. The zero-order valence-electron chi connectivity index (χ0n) is 22.0. The van der Waals surface area contributed by atoms with Gasteiger partial charge in [-0.15, -0.1) is 23.2 Å². The zero-order chi connectivity index (χ0) is 24.2. The Labute approximate surface area is 213 Å². The van der Waals surface area contributed by atoms with E-state index >= 15 is 0 Å². The molecule has 4 fully saturated rings. The Morgan fingerprint density at radius 2 is 1.76 bits per heavy atom. The van der Waals surface area contributed by atoms with Crippen molar-refractivity contribution in [2.45, 2.75) is 129 Å². The number of carbonyl (C=O) groups excluding carboxylic acids is 1. The fourth-order valence-corrected chi connectivity index (χ4v) is 10.5. The molecular formula is C29H48Cl2O2. The van der Waals surface area contributed by atoms with Gasteiger partial charge in [0.25, 0.3) is 0 Å². The second kappa shape index (κ2) is 9.49. The predicted molar refractivity (Wildman–Crippen MR) is 139 cm³/mol. The summed E-state index contributed by atoms with van der Waals surface area (Å²) in [6.07, 6.45) is 13.2. The van der Waals surface area contributed by atoms with Crippen molar-refractivity contribution in [3.05, 3.63) is 0 Å². The maximum absolute atomic E-state index is 11.6. The molecule has 0 saturated heterocycles. The smallest absolute Gasteiger partial charge is 0.302 e. The summed E-state index contributed by atoms with van der Waals surface area (Å²) in [5.74, 6) is 4.44. The fraction of sp³-hybridized carbons (Fsp3) is 0.966. The normalized spacial score (nSPS) is 48.0. The minimum atomic E-state index is -0.468. The van der Waals surface area contributed by atoms with Gasteiger partial charge in [-0.25, -0.2) is 0 Å². The molecule has 0 bridgehead atoms. The second-order valence-corrected chi connectivity index (χ2v) is 14.6. The summed E-state index contributed by atoms with van der Waals surface area (Å²) >= 11 is 14.7. The van der Waals surface area contributed by atoms with Gasteiger partial charge in [-0.05, 0) is 91.3 Å². The van der Waals surface area contributed by atoms with E-state index in [1.54, 1.807) is 0 Å². The van der Waals surface area contributed by atoms with Crippen LogP contribution in [0, 0.1) is 46.3 Å². The molecular weight excluding hydrogens is 451 g/mol. The Bertz CT molecular complexity index is 724. The van der Waals surface area contributed by atoms with Gasteiger partial charge in [-0.3, -0.25) is 4.79 Å². The van der Waals surface area contributed by atoms with Crippen LogP contribution in [0.5, 0.6) is 0 Å². The maximum atomic E-state index is 11.6. The predicted octanol–water partition coefficient (Wildman–Crippen LogP) is 8.62. The van der Waals surface area contributed by atoms with Crippen molar-refractivity contribution in [1.29, 1.82) is 0 Å². The minimum Gasteiger partial charge on any atom is -0.462 e. The number of hydrogen-bond acceptors (Lipinski definition) is 2. The molecule has 0 radical (unpaired) electrons. The highest BCUT2D eigenvalue weighted by atomic mass is 35.5. The van der Waals surface area contributed by atoms with Crippen LogP contribution >= 0.6 is 23.2 Å². The number of alkyl halides is 2. The third-order valence-corrected chi connectivity index (χ3v) is 12.7. The van der Waals surface area contributed by atoms with Crippen LogP contribution in [0.4, 0.5) is 0 Å². The first-order chi connectivity index (χ1) is 15.4. The van der Waals surface area contributed by atoms with Crippen LogP contribution in [0.25, 0.3) is 0 Å². The van der Waals surface area contributed by atoms with Crippen LogP contribution in [-0.4, -0.2) is 22.3 Å².